The second-order valence-electron chi connectivity index (χ2n) is 3.93. The van der Waals surface area contributed by atoms with Crippen LogP contribution in [0.1, 0.15) is 5.56 Å². The van der Waals surface area contributed by atoms with Crippen molar-refractivity contribution in [3.8, 4) is 0 Å². The second kappa shape index (κ2) is 5.48. The van der Waals surface area contributed by atoms with E-state index in [0.29, 0.717) is 11.3 Å². The van der Waals surface area contributed by atoms with E-state index < -0.39 is 17.6 Å². The molecule has 0 aliphatic carbocycles. The van der Waals surface area contributed by atoms with Gasteiger partial charge in [0.25, 0.3) is 0 Å². The molecule has 0 bridgehead atoms. The number of hydrogen-bond acceptors (Lipinski definition) is 3. The number of anilines is 2. The SMILES string of the molecule is O=C([O-])Cc1ccccc1Nc1c(F)cccc1F. The highest BCUT2D eigenvalue weighted by Gasteiger charge is 2.10. The van der Waals surface area contributed by atoms with Gasteiger partial charge in [-0.15, -0.1) is 0 Å². The van der Waals surface area contributed by atoms with E-state index >= 15 is 0 Å². The number of carboxylic acids is 1. The maximum atomic E-state index is 13.5. The van der Waals surface area contributed by atoms with Crippen LogP contribution in [0.25, 0.3) is 0 Å². The zero-order valence-electron chi connectivity index (χ0n) is 9.82. The predicted molar refractivity (Wildman–Crippen MR) is 64.8 cm³/mol. The number of nitrogens with one attached hydrogen (secondary N) is 1. The molecule has 0 heterocycles. The van der Waals surface area contributed by atoms with Gasteiger partial charge in [-0.2, -0.15) is 0 Å². The zero-order valence-corrected chi connectivity index (χ0v) is 9.82. The molecule has 98 valence electrons. The van der Waals surface area contributed by atoms with E-state index in [1.165, 1.54) is 6.07 Å². The van der Waals surface area contributed by atoms with E-state index in [2.05, 4.69) is 5.32 Å². The van der Waals surface area contributed by atoms with Gasteiger partial charge in [-0.25, -0.2) is 8.78 Å². The molecule has 0 aliphatic heterocycles. The fourth-order valence-corrected chi connectivity index (χ4v) is 1.70. The second-order valence-corrected chi connectivity index (χ2v) is 3.93. The molecule has 0 saturated carbocycles. The Morgan fingerprint density at radius 1 is 1.05 bits per heavy atom. The summed E-state index contributed by atoms with van der Waals surface area (Å²) in [4.78, 5) is 10.6. The van der Waals surface area contributed by atoms with Gasteiger partial charge in [-0.1, -0.05) is 24.3 Å². The highest BCUT2D eigenvalue weighted by atomic mass is 19.1. The summed E-state index contributed by atoms with van der Waals surface area (Å²) in [5.74, 6) is -2.75. The van der Waals surface area contributed by atoms with Crippen molar-refractivity contribution in [2.75, 3.05) is 5.32 Å². The molecule has 0 aliphatic rings. The average molecular weight is 262 g/mol. The van der Waals surface area contributed by atoms with Crippen molar-refractivity contribution in [2.24, 2.45) is 0 Å². The number of para-hydroxylation sites is 2. The van der Waals surface area contributed by atoms with Crippen molar-refractivity contribution >= 4 is 17.3 Å². The third kappa shape index (κ3) is 3.07. The fourth-order valence-electron chi connectivity index (χ4n) is 1.70. The maximum absolute atomic E-state index is 13.5. The fraction of sp³-hybridized carbons (Fsp3) is 0.0714. The molecule has 0 atom stereocenters. The quantitative estimate of drug-likeness (QED) is 0.916. The summed E-state index contributed by atoms with van der Waals surface area (Å²) in [6.07, 6.45) is -0.334. The summed E-state index contributed by atoms with van der Waals surface area (Å²) in [7, 11) is 0. The Morgan fingerprint density at radius 3 is 2.32 bits per heavy atom. The molecule has 0 saturated heterocycles. The lowest BCUT2D eigenvalue weighted by molar-refractivity contribution is -0.304. The van der Waals surface area contributed by atoms with Gasteiger partial charge in [0.15, 0.2) is 0 Å². The Balaban J connectivity index is 2.36. The first-order valence-corrected chi connectivity index (χ1v) is 5.56. The van der Waals surface area contributed by atoms with E-state index in [-0.39, 0.29) is 12.1 Å². The number of carbonyl (C=O) groups excluding carboxylic acids is 1. The third-order valence-electron chi connectivity index (χ3n) is 2.57. The van der Waals surface area contributed by atoms with Gasteiger partial charge in [-0.05, 0) is 23.8 Å². The minimum absolute atomic E-state index is 0.312. The number of rotatable bonds is 4. The smallest absolute Gasteiger partial charge is 0.149 e. The van der Waals surface area contributed by atoms with E-state index in [9.17, 15) is 18.7 Å². The van der Waals surface area contributed by atoms with Gasteiger partial charge in [0.1, 0.15) is 17.3 Å². The first-order valence-electron chi connectivity index (χ1n) is 5.56. The minimum atomic E-state index is -1.26. The van der Waals surface area contributed by atoms with Crippen molar-refractivity contribution in [1.82, 2.24) is 0 Å². The summed E-state index contributed by atoms with van der Waals surface area (Å²) in [6.45, 7) is 0. The van der Waals surface area contributed by atoms with Gasteiger partial charge >= 0.3 is 0 Å². The number of benzene rings is 2. The molecule has 19 heavy (non-hydrogen) atoms. The molecule has 0 fully saturated rings. The van der Waals surface area contributed by atoms with Crippen LogP contribution in [0.4, 0.5) is 20.2 Å². The summed E-state index contributed by atoms with van der Waals surface area (Å²) < 4.78 is 27.0. The van der Waals surface area contributed by atoms with Crippen LogP contribution in [-0.2, 0) is 11.2 Å². The lowest BCUT2D eigenvalue weighted by Crippen LogP contribution is -2.24. The number of halogens is 2. The molecule has 1 N–H and O–H groups in total. The molecule has 0 amide bonds. The van der Waals surface area contributed by atoms with Crippen LogP contribution in [0.2, 0.25) is 0 Å². The predicted octanol–water partition coefficient (Wildman–Crippen LogP) is 2.00. The monoisotopic (exact) mass is 262 g/mol. The molecular formula is C14H10F2NO2-. The van der Waals surface area contributed by atoms with Gasteiger partial charge in [0.2, 0.25) is 0 Å². The van der Waals surface area contributed by atoms with E-state index in [0.717, 1.165) is 12.1 Å². The van der Waals surface area contributed by atoms with Gasteiger partial charge in [-0.3, -0.25) is 0 Å². The average Bonchev–Trinajstić information content (AvgIpc) is 2.35. The van der Waals surface area contributed by atoms with E-state index in [1.54, 1.807) is 24.3 Å². The third-order valence-corrected chi connectivity index (χ3v) is 2.57. The summed E-state index contributed by atoms with van der Waals surface area (Å²) in [5.41, 5.74) is 0.411. The Bertz CT molecular complexity index is 594. The van der Waals surface area contributed by atoms with Crippen molar-refractivity contribution in [3.63, 3.8) is 0 Å². The zero-order chi connectivity index (χ0) is 13.8. The van der Waals surface area contributed by atoms with Crippen LogP contribution in [0.15, 0.2) is 42.5 Å². The summed E-state index contributed by atoms with van der Waals surface area (Å²) >= 11 is 0. The van der Waals surface area contributed by atoms with Gasteiger partial charge < -0.3 is 15.2 Å². The number of carboxylic acid groups (broad SMARTS) is 1. The largest absolute Gasteiger partial charge is 0.550 e. The molecule has 3 nitrogen and oxygen atoms in total. The summed E-state index contributed by atoms with van der Waals surface area (Å²) in [6, 6.07) is 9.87. The molecule has 5 heteroatoms. The number of carbonyl (C=O) groups is 1. The van der Waals surface area contributed by atoms with Crippen molar-refractivity contribution in [1.29, 1.82) is 0 Å². The van der Waals surface area contributed by atoms with E-state index in [1.807, 2.05) is 0 Å². The van der Waals surface area contributed by atoms with Crippen molar-refractivity contribution in [3.05, 3.63) is 59.7 Å². The molecule has 0 unspecified atom stereocenters. The lowest BCUT2D eigenvalue weighted by Gasteiger charge is -2.13. The van der Waals surface area contributed by atoms with Crippen LogP contribution in [0.5, 0.6) is 0 Å². The highest BCUT2D eigenvalue weighted by molar-refractivity contribution is 5.73. The van der Waals surface area contributed by atoms with Crippen molar-refractivity contribution < 1.29 is 18.7 Å². The van der Waals surface area contributed by atoms with Crippen LogP contribution < -0.4 is 10.4 Å². The maximum Gasteiger partial charge on any atom is 0.149 e. The highest BCUT2D eigenvalue weighted by Crippen LogP contribution is 2.25. The first kappa shape index (κ1) is 13.0. The Labute approximate surface area is 108 Å². The van der Waals surface area contributed by atoms with Crippen LogP contribution >= 0.6 is 0 Å². The van der Waals surface area contributed by atoms with Crippen molar-refractivity contribution in [2.45, 2.75) is 6.42 Å². The number of aliphatic carboxylic acids is 1. The number of hydrogen-bond donors (Lipinski definition) is 1. The summed E-state index contributed by atoms with van der Waals surface area (Å²) in [5, 5.41) is 13.2. The molecular weight excluding hydrogens is 252 g/mol. The van der Waals surface area contributed by atoms with E-state index in [4.69, 9.17) is 0 Å². The Hall–Kier alpha value is -2.43. The molecule has 2 rings (SSSR count). The molecule has 2 aromatic rings. The van der Waals surface area contributed by atoms with Gasteiger partial charge in [0.05, 0.1) is 0 Å². The molecule has 0 aromatic heterocycles. The van der Waals surface area contributed by atoms with Gasteiger partial charge in [0, 0.05) is 18.1 Å². The molecule has 0 spiro atoms. The first-order chi connectivity index (χ1) is 9.08. The standard InChI is InChI=1S/C14H11F2NO2/c15-10-5-3-6-11(16)14(10)17-12-7-2-1-4-9(12)8-13(18)19/h1-7,17H,8H2,(H,18,19)/p-1. The Kier molecular flexibility index (Phi) is 3.75. The minimum Gasteiger partial charge on any atom is -0.550 e. The Morgan fingerprint density at radius 2 is 1.68 bits per heavy atom. The van der Waals surface area contributed by atoms with Crippen LogP contribution in [0.3, 0.4) is 0 Å². The topological polar surface area (TPSA) is 52.2 Å². The normalized spacial score (nSPS) is 10.2. The lowest BCUT2D eigenvalue weighted by atomic mass is 10.1. The van der Waals surface area contributed by atoms with Crippen LogP contribution in [-0.4, -0.2) is 5.97 Å². The van der Waals surface area contributed by atoms with Crippen LogP contribution in [0, 0.1) is 11.6 Å². The molecule has 2 aromatic carbocycles. The molecule has 0 radical (unpaired) electrons.